The fourth-order valence-electron chi connectivity index (χ4n) is 3.94. The highest BCUT2D eigenvalue weighted by atomic mass is 19.4. The zero-order chi connectivity index (χ0) is 19.9. The van der Waals surface area contributed by atoms with Gasteiger partial charge in [0, 0.05) is 12.0 Å². The Balaban J connectivity index is 1.50. The number of benzene rings is 1. The molecule has 0 radical (unpaired) electrons. The van der Waals surface area contributed by atoms with Crippen molar-refractivity contribution in [3.63, 3.8) is 0 Å². The fraction of sp³-hybridized carbons (Fsp3) is 0.500. The summed E-state index contributed by atoms with van der Waals surface area (Å²) >= 11 is 0. The Morgan fingerprint density at radius 3 is 2.79 bits per heavy atom. The molecule has 1 aliphatic heterocycles. The van der Waals surface area contributed by atoms with Crippen LogP contribution in [-0.4, -0.2) is 28.0 Å². The predicted octanol–water partition coefficient (Wildman–Crippen LogP) is 2.02. The minimum Gasteiger partial charge on any atom is -0.456 e. The van der Waals surface area contributed by atoms with Crippen LogP contribution in [0.2, 0.25) is 0 Å². The summed E-state index contributed by atoms with van der Waals surface area (Å²) < 4.78 is 43.9. The molecule has 2 heterocycles. The van der Waals surface area contributed by atoms with Gasteiger partial charge in [-0.25, -0.2) is 10.4 Å². The number of nitrogens with zero attached hydrogens (tertiary/aromatic N) is 1. The molecule has 150 valence electrons. The second-order valence-corrected chi connectivity index (χ2v) is 7.17. The van der Waals surface area contributed by atoms with Crippen molar-refractivity contribution in [2.75, 3.05) is 0 Å². The van der Waals surface area contributed by atoms with Crippen molar-refractivity contribution in [3.8, 4) is 0 Å². The summed E-state index contributed by atoms with van der Waals surface area (Å²) in [5.41, 5.74) is 4.49. The smallest absolute Gasteiger partial charge is 0.416 e. The molecule has 3 atom stereocenters. The zero-order valence-corrected chi connectivity index (χ0v) is 14.8. The summed E-state index contributed by atoms with van der Waals surface area (Å²) in [6, 6.07) is 2.46. The van der Waals surface area contributed by atoms with Crippen molar-refractivity contribution in [2.45, 2.75) is 50.6 Å². The largest absolute Gasteiger partial charge is 0.456 e. The van der Waals surface area contributed by atoms with Crippen LogP contribution in [0.4, 0.5) is 13.2 Å². The van der Waals surface area contributed by atoms with E-state index in [1.165, 1.54) is 0 Å². The highest BCUT2D eigenvalue weighted by Crippen LogP contribution is 2.31. The van der Waals surface area contributed by atoms with Crippen LogP contribution >= 0.6 is 0 Å². The van der Waals surface area contributed by atoms with Crippen molar-refractivity contribution in [3.05, 3.63) is 39.9 Å². The Morgan fingerprint density at radius 1 is 1.21 bits per heavy atom. The number of nitrogens with one attached hydrogen (secondary N) is 3. The van der Waals surface area contributed by atoms with Gasteiger partial charge in [-0.3, -0.25) is 15.0 Å². The van der Waals surface area contributed by atoms with Crippen molar-refractivity contribution in [1.29, 1.82) is 0 Å². The molecule has 1 aliphatic carbocycles. The van der Waals surface area contributed by atoms with Gasteiger partial charge in [-0.05, 0) is 31.0 Å². The first-order chi connectivity index (χ1) is 13.3. The Labute approximate surface area is 157 Å². The minimum absolute atomic E-state index is 0.00340. The number of hydrogen-bond donors (Lipinski definition) is 3. The third kappa shape index (κ3) is 3.61. The number of H-pyrrole nitrogens is 1. The van der Waals surface area contributed by atoms with Crippen LogP contribution < -0.4 is 16.4 Å². The number of esters is 1. The van der Waals surface area contributed by atoms with E-state index in [2.05, 4.69) is 20.8 Å². The van der Waals surface area contributed by atoms with Crippen LogP contribution in [0, 0.1) is 5.92 Å². The van der Waals surface area contributed by atoms with Gasteiger partial charge in [0.15, 0.2) is 0 Å². The SMILES string of the molecule is O=C(OCc1nc2cc(C(F)(F)F)ccc2c(=O)[nH]1)C1NNC2CCCCC21. The van der Waals surface area contributed by atoms with Gasteiger partial charge in [-0.15, -0.1) is 0 Å². The summed E-state index contributed by atoms with van der Waals surface area (Å²) in [5, 5.41) is 0.0368. The maximum atomic E-state index is 12.9. The molecule has 0 bridgehead atoms. The molecule has 2 fully saturated rings. The van der Waals surface area contributed by atoms with Gasteiger partial charge in [0.1, 0.15) is 18.5 Å². The molecule has 1 saturated heterocycles. The van der Waals surface area contributed by atoms with Crippen LogP contribution in [0.15, 0.2) is 23.0 Å². The number of fused-ring (bicyclic) bond motifs is 2. The van der Waals surface area contributed by atoms with Gasteiger partial charge in [0.25, 0.3) is 5.56 Å². The van der Waals surface area contributed by atoms with E-state index < -0.39 is 29.3 Å². The molecule has 1 aromatic heterocycles. The van der Waals surface area contributed by atoms with E-state index in [1.807, 2.05) is 0 Å². The third-order valence-corrected chi connectivity index (χ3v) is 5.36. The maximum Gasteiger partial charge on any atom is 0.416 e. The van der Waals surface area contributed by atoms with E-state index in [0.29, 0.717) is 0 Å². The number of halogens is 3. The normalized spacial score (nSPS) is 24.9. The first-order valence-corrected chi connectivity index (χ1v) is 9.11. The number of aromatic amines is 1. The average molecular weight is 396 g/mol. The van der Waals surface area contributed by atoms with Crippen molar-refractivity contribution in [2.24, 2.45) is 5.92 Å². The van der Waals surface area contributed by atoms with E-state index in [-0.39, 0.29) is 35.3 Å². The number of carbonyl (C=O) groups is 1. The standard InChI is InChI=1S/C18H19F3N4O3/c19-18(20,21)9-5-6-11-13(7-9)22-14(23-16(11)26)8-28-17(27)15-10-3-1-2-4-12(10)24-25-15/h5-7,10,12,15,24-25H,1-4,8H2,(H,22,23,26). The van der Waals surface area contributed by atoms with E-state index in [1.54, 1.807) is 0 Å². The molecular formula is C18H19F3N4O3. The molecule has 2 aliphatic rings. The van der Waals surface area contributed by atoms with Gasteiger partial charge < -0.3 is 9.72 Å². The monoisotopic (exact) mass is 396 g/mol. The number of aromatic nitrogens is 2. The summed E-state index contributed by atoms with van der Waals surface area (Å²) in [4.78, 5) is 31.0. The third-order valence-electron chi connectivity index (χ3n) is 5.36. The van der Waals surface area contributed by atoms with Crippen LogP contribution in [0.3, 0.4) is 0 Å². The molecule has 2 aromatic rings. The first-order valence-electron chi connectivity index (χ1n) is 9.11. The van der Waals surface area contributed by atoms with Crippen LogP contribution in [0.1, 0.15) is 37.1 Å². The predicted molar refractivity (Wildman–Crippen MR) is 93.0 cm³/mol. The lowest BCUT2D eigenvalue weighted by atomic mass is 9.82. The molecule has 4 rings (SSSR count). The molecule has 3 unspecified atom stereocenters. The lowest BCUT2D eigenvalue weighted by Crippen LogP contribution is -2.40. The summed E-state index contributed by atoms with van der Waals surface area (Å²) in [7, 11) is 0. The Bertz CT molecular complexity index is 959. The Morgan fingerprint density at radius 2 is 2.00 bits per heavy atom. The van der Waals surface area contributed by atoms with Crippen LogP contribution in [0.25, 0.3) is 10.9 Å². The van der Waals surface area contributed by atoms with Gasteiger partial charge >= 0.3 is 12.1 Å². The van der Waals surface area contributed by atoms with Crippen molar-refractivity contribution >= 4 is 16.9 Å². The van der Waals surface area contributed by atoms with E-state index in [4.69, 9.17) is 4.74 Å². The van der Waals surface area contributed by atoms with E-state index in [9.17, 15) is 22.8 Å². The van der Waals surface area contributed by atoms with Crippen molar-refractivity contribution < 1.29 is 22.7 Å². The highest BCUT2D eigenvalue weighted by Gasteiger charge is 2.42. The second-order valence-electron chi connectivity index (χ2n) is 7.17. The number of hydrazine groups is 1. The average Bonchev–Trinajstić information content (AvgIpc) is 3.09. The van der Waals surface area contributed by atoms with Gasteiger partial charge in [0.2, 0.25) is 0 Å². The molecule has 10 heteroatoms. The highest BCUT2D eigenvalue weighted by molar-refractivity contribution is 5.78. The van der Waals surface area contributed by atoms with Crippen LogP contribution in [0.5, 0.6) is 0 Å². The lowest BCUT2D eigenvalue weighted by molar-refractivity contribution is -0.148. The number of alkyl halides is 3. The fourth-order valence-corrected chi connectivity index (χ4v) is 3.94. The molecular weight excluding hydrogens is 377 g/mol. The Hall–Kier alpha value is -2.46. The van der Waals surface area contributed by atoms with Crippen molar-refractivity contribution in [1.82, 2.24) is 20.8 Å². The molecule has 0 amide bonds. The molecule has 3 N–H and O–H groups in total. The quantitative estimate of drug-likeness (QED) is 0.687. The Kier molecular flexibility index (Phi) is 4.84. The maximum absolute atomic E-state index is 12.9. The van der Waals surface area contributed by atoms with Gasteiger partial charge in [-0.2, -0.15) is 13.2 Å². The molecule has 1 saturated carbocycles. The van der Waals surface area contributed by atoms with E-state index >= 15 is 0 Å². The zero-order valence-electron chi connectivity index (χ0n) is 14.8. The van der Waals surface area contributed by atoms with Gasteiger partial charge in [0.05, 0.1) is 16.5 Å². The molecule has 0 spiro atoms. The summed E-state index contributed by atoms with van der Waals surface area (Å²) in [6.07, 6.45) is -0.476. The molecule has 1 aromatic carbocycles. The lowest BCUT2D eigenvalue weighted by Gasteiger charge is -2.26. The minimum atomic E-state index is -4.54. The number of ether oxygens (including phenoxy) is 1. The molecule has 28 heavy (non-hydrogen) atoms. The first kappa shape index (κ1) is 18.9. The summed E-state index contributed by atoms with van der Waals surface area (Å²) in [6.45, 7) is -0.324. The number of hydrogen-bond acceptors (Lipinski definition) is 6. The van der Waals surface area contributed by atoms with Crippen LogP contribution in [-0.2, 0) is 22.3 Å². The second kappa shape index (κ2) is 7.17. The van der Waals surface area contributed by atoms with Gasteiger partial charge in [-0.1, -0.05) is 12.8 Å². The summed E-state index contributed by atoms with van der Waals surface area (Å²) in [5.74, 6) is -0.343. The molecule has 7 nitrogen and oxygen atoms in total. The topological polar surface area (TPSA) is 96.1 Å². The van der Waals surface area contributed by atoms with E-state index in [0.717, 1.165) is 43.9 Å². The number of carbonyl (C=O) groups excluding carboxylic acids is 1. The number of rotatable bonds is 3.